The second kappa shape index (κ2) is 7.10. The van der Waals surface area contributed by atoms with Crippen LogP contribution in [-0.2, 0) is 9.47 Å². The van der Waals surface area contributed by atoms with Crippen LogP contribution in [-0.4, -0.2) is 19.5 Å². The molecule has 1 rings (SSSR count). The lowest BCUT2D eigenvalue weighted by Crippen LogP contribution is -2.22. The predicted molar refractivity (Wildman–Crippen MR) is 53.6 cm³/mol. The maximum atomic E-state index is 5.38. The van der Waals surface area contributed by atoms with Crippen LogP contribution in [0.1, 0.15) is 39.0 Å². The van der Waals surface area contributed by atoms with E-state index in [0.717, 1.165) is 26.1 Å². The van der Waals surface area contributed by atoms with Gasteiger partial charge in [0, 0.05) is 0 Å². The number of hydrogen-bond donors (Lipinski definition) is 0. The van der Waals surface area contributed by atoms with E-state index < -0.39 is 0 Å². The van der Waals surface area contributed by atoms with Gasteiger partial charge in [-0.05, 0) is 25.3 Å². The third-order valence-corrected chi connectivity index (χ3v) is 2.12. The molecule has 0 spiro atoms. The maximum absolute atomic E-state index is 5.38. The van der Waals surface area contributed by atoms with Crippen molar-refractivity contribution in [2.24, 2.45) is 0 Å². The van der Waals surface area contributed by atoms with Crippen LogP contribution in [0.2, 0.25) is 0 Å². The largest absolute Gasteiger partial charge is 0.349 e. The fraction of sp³-hybridized carbons (Fsp3) is 0.818. The Morgan fingerprint density at radius 3 is 2.69 bits per heavy atom. The molecule has 13 heavy (non-hydrogen) atoms. The van der Waals surface area contributed by atoms with Crippen LogP contribution in [0.3, 0.4) is 0 Å². The Labute approximate surface area is 80.9 Å². The predicted octanol–water partition coefficient (Wildman–Crippen LogP) is 2.89. The molecule has 0 amide bonds. The van der Waals surface area contributed by atoms with E-state index in [1.807, 2.05) is 6.08 Å². The second-order valence-electron chi connectivity index (χ2n) is 3.39. The van der Waals surface area contributed by atoms with Gasteiger partial charge in [0.25, 0.3) is 0 Å². The minimum Gasteiger partial charge on any atom is -0.349 e. The first kappa shape index (κ1) is 10.7. The molecule has 1 aliphatic heterocycles. The van der Waals surface area contributed by atoms with E-state index in [-0.39, 0.29) is 6.29 Å². The monoisotopic (exact) mass is 184 g/mol. The van der Waals surface area contributed by atoms with Crippen molar-refractivity contribution < 1.29 is 9.47 Å². The van der Waals surface area contributed by atoms with E-state index in [1.165, 1.54) is 19.3 Å². The molecule has 0 bridgehead atoms. The van der Waals surface area contributed by atoms with Crippen LogP contribution in [0, 0.1) is 0 Å². The van der Waals surface area contributed by atoms with Crippen LogP contribution >= 0.6 is 0 Å². The Hall–Kier alpha value is -0.340. The van der Waals surface area contributed by atoms with Crippen molar-refractivity contribution in [3.8, 4) is 0 Å². The van der Waals surface area contributed by atoms with Gasteiger partial charge in [0.1, 0.15) is 0 Å². The quantitative estimate of drug-likeness (QED) is 0.483. The Balaban J connectivity index is 2.01. The molecule has 0 unspecified atom stereocenters. The minimum atomic E-state index is -0.0737. The molecule has 1 fully saturated rings. The molecule has 0 radical (unpaired) electrons. The second-order valence-corrected chi connectivity index (χ2v) is 3.39. The van der Waals surface area contributed by atoms with Gasteiger partial charge < -0.3 is 9.47 Å². The van der Waals surface area contributed by atoms with Crippen molar-refractivity contribution in [1.82, 2.24) is 0 Å². The summed E-state index contributed by atoms with van der Waals surface area (Å²) in [6.45, 7) is 3.89. The standard InChI is InChI=1S/C11H20O2/c1-2-3-4-5-6-8-11-12-9-7-10-13-11/h6,8,11H,2-5,7,9-10H2,1H3. The fourth-order valence-corrected chi connectivity index (χ4v) is 1.34. The third kappa shape index (κ3) is 5.06. The van der Waals surface area contributed by atoms with Gasteiger partial charge in [-0.15, -0.1) is 0 Å². The zero-order chi connectivity index (χ0) is 9.36. The van der Waals surface area contributed by atoms with Crippen LogP contribution in [0.15, 0.2) is 12.2 Å². The highest BCUT2D eigenvalue weighted by Crippen LogP contribution is 2.07. The molecule has 1 heterocycles. The number of ether oxygens (including phenoxy) is 2. The minimum absolute atomic E-state index is 0.0737. The van der Waals surface area contributed by atoms with Gasteiger partial charge in [0.05, 0.1) is 13.2 Å². The number of rotatable bonds is 5. The van der Waals surface area contributed by atoms with Crippen LogP contribution in [0.25, 0.3) is 0 Å². The average molecular weight is 184 g/mol. The summed E-state index contributed by atoms with van der Waals surface area (Å²) < 4.78 is 10.8. The van der Waals surface area contributed by atoms with E-state index in [9.17, 15) is 0 Å². The van der Waals surface area contributed by atoms with E-state index in [4.69, 9.17) is 9.47 Å². The van der Waals surface area contributed by atoms with Crippen molar-refractivity contribution in [3.05, 3.63) is 12.2 Å². The van der Waals surface area contributed by atoms with Gasteiger partial charge >= 0.3 is 0 Å². The number of allylic oxidation sites excluding steroid dienone is 1. The van der Waals surface area contributed by atoms with Crippen molar-refractivity contribution in [2.45, 2.75) is 45.3 Å². The molecule has 0 aromatic heterocycles. The normalized spacial score (nSPS) is 19.8. The fourth-order valence-electron chi connectivity index (χ4n) is 1.34. The van der Waals surface area contributed by atoms with Crippen LogP contribution in [0.4, 0.5) is 0 Å². The van der Waals surface area contributed by atoms with Crippen molar-refractivity contribution in [2.75, 3.05) is 13.2 Å². The maximum Gasteiger partial charge on any atom is 0.176 e. The van der Waals surface area contributed by atoms with E-state index in [2.05, 4.69) is 13.0 Å². The highest BCUT2D eigenvalue weighted by Gasteiger charge is 2.09. The lowest BCUT2D eigenvalue weighted by molar-refractivity contribution is -0.149. The van der Waals surface area contributed by atoms with E-state index in [0.29, 0.717) is 0 Å². The number of hydrogen-bond acceptors (Lipinski definition) is 2. The molecule has 1 aliphatic rings. The van der Waals surface area contributed by atoms with E-state index in [1.54, 1.807) is 0 Å². The Morgan fingerprint density at radius 1 is 1.23 bits per heavy atom. The average Bonchev–Trinajstić information content (AvgIpc) is 2.19. The van der Waals surface area contributed by atoms with Crippen molar-refractivity contribution >= 4 is 0 Å². The molecule has 0 N–H and O–H groups in total. The van der Waals surface area contributed by atoms with Gasteiger partial charge in [-0.2, -0.15) is 0 Å². The van der Waals surface area contributed by atoms with Crippen LogP contribution < -0.4 is 0 Å². The van der Waals surface area contributed by atoms with Gasteiger partial charge in [0.2, 0.25) is 0 Å². The summed E-state index contributed by atoms with van der Waals surface area (Å²) in [5.74, 6) is 0. The zero-order valence-electron chi connectivity index (χ0n) is 8.50. The molecular weight excluding hydrogens is 164 g/mol. The Kier molecular flexibility index (Phi) is 5.87. The summed E-state index contributed by atoms with van der Waals surface area (Å²) in [4.78, 5) is 0. The first-order valence-electron chi connectivity index (χ1n) is 5.33. The molecule has 2 heteroatoms. The lowest BCUT2D eigenvalue weighted by atomic mass is 10.2. The molecule has 0 aromatic rings. The zero-order valence-corrected chi connectivity index (χ0v) is 8.50. The SMILES string of the molecule is CCCCCC=CC1OCCCO1. The highest BCUT2D eigenvalue weighted by molar-refractivity contribution is 4.85. The van der Waals surface area contributed by atoms with Gasteiger partial charge in [0.15, 0.2) is 6.29 Å². The topological polar surface area (TPSA) is 18.5 Å². The Morgan fingerprint density at radius 2 is 2.00 bits per heavy atom. The summed E-state index contributed by atoms with van der Waals surface area (Å²) in [6.07, 6.45) is 10.2. The molecule has 0 aromatic carbocycles. The first-order valence-corrected chi connectivity index (χ1v) is 5.33. The van der Waals surface area contributed by atoms with Gasteiger partial charge in [-0.3, -0.25) is 0 Å². The lowest BCUT2D eigenvalue weighted by Gasteiger charge is -2.19. The first-order chi connectivity index (χ1) is 6.43. The molecule has 0 aliphatic carbocycles. The Bertz CT molecular complexity index is 137. The van der Waals surface area contributed by atoms with Crippen molar-refractivity contribution in [3.63, 3.8) is 0 Å². The summed E-state index contributed by atoms with van der Waals surface area (Å²) >= 11 is 0. The molecule has 2 nitrogen and oxygen atoms in total. The third-order valence-electron chi connectivity index (χ3n) is 2.12. The summed E-state index contributed by atoms with van der Waals surface area (Å²) in [6, 6.07) is 0. The molecule has 0 saturated carbocycles. The summed E-state index contributed by atoms with van der Waals surface area (Å²) in [5, 5.41) is 0. The highest BCUT2D eigenvalue weighted by atomic mass is 16.7. The van der Waals surface area contributed by atoms with Gasteiger partial charge in [-0.25, -0.2) is 0 Å². The number of unbranched alkanes of at least 4 members (excludes halogenated alkanes) is 3. The van der Waals surface area contributed by atoms with Gasteiger partial charge in [-0.1, -0.05) is 25.8 Å². The molecule has 1 saturated heterocycles. The smallest absolute Gasteiger partial charge is 0.176 e. The molecular formula is C11H20O2. The summed E-state index contributed by atoms with van der Waals surface area (Å²) in [7, 11) is 0. The van der Waals surface area contributed by atoms with Crippen LogP contribution in [0.5, 0.6) is 0 Å². The van der Waals surface area contributed by atoms with Crippen molar-refractivity contribution in [1.29, 1.82) is 0 Å². The summed E-state index contributed by atoms with van der Waals surface area (Å²) in [5.41, 5.74) is 0. The molecule has 76 valence electrons. The van der Waals surface area contributed by atoms with E-state index >= 15 is 0 Å². The molecule has 0 atom stereocenters.